The molecule has 0 amide bonds. The Morgan fingerprint density at radius 2 is 1.95 bits per heavy atom. The van der Waals surface area contributed by atoms with Crippen LogP contribution in [0.25, 0.3) is 0 Å². The van der Waals surface area contributed by atoms with E-state index in [-0.39, 0.29) is 11.9 Å². The number of nitrogens with one attached hydrogen (secondary N) is 1. The summed E-state index contributed by atoms with van der Waals surface area (Å²) < 4.78 is 14.9. The van der Waals surface area contributed by atoms with Gasteiger partial charge in [0.1, 0.15) is 5.82 Å². The summed E-state index contributed by atoms with van der Waals surface area (Å²) in [5, 5.41) is 3.42. The lowest BCUT2D eigenvalue weighted by atomic mass is 10.0. The highest BCUT2D eigenvalue weighted by Gasteiger charge is 2.14. The molecular formula is C16H17BrFN. The Labute approximate surface area is 122 Å². The van der Waals surface area contributed by atoms with E-state index in [2.05, 4.69) is 34.2 Å². The molecule has 0 fully saturated rings. The average molecular weight is 322 g/mol. The lowest BCUT2D eigenvalue weighted by Crippen LogP contribution is -2.12. The third-order valence-corrected chi connectivity index (χ3v) is 3.70. The third-order valence-electron chi connectivity index (χ3n) is 3.21. The van der Waals surface area contributed by atoms with Gasteiger partial charge in [0.05, 0.1) is 6.04 Å². The fourth-order valence-electron chi connectivity index (χ4n) is 2.13. The van der Waals surface area contributed by atoms with Gasteiger partial charge in [-0.15, -0.1) is 0 Å². The van der Waals surface area contributed by atoms with E-state index < -0.39 is 0 Å². The summed E-state index contributed by atoms with van der Waals surface area (Å²) >= 11 is 3.45. The van der Waals surface area contributed by atoms with Crippen LogP contribution in [0.3, 0.4) is 0 Å². The van der Waals surface area contributed by atoms with E-state index in [4.69, 9.17) is 0 Å². The van der Waals surface area contributed by atoms with E-state index >= 15 is 0 Å². The van der Waals surface area contributed by atoms with E-state index in [0.717, 1.165) is 22.1 Å². The molecule has 0 spiro atoms. The van der Waals surface area contributed by atoms with Crippen molar-refractivity contribution in [2.75, 3.05) is 5.32 Å². The van der Waals surface area contributed by atoms with Gasteiger partial charge in [0.15, 0.2) is 0 Å². The molecule has 1 nitrogen and oxygen atoms in total. The number of halogens is 2. The highest BCUT2D eigenvalue weighted by Crippen LogP contribution is 2.27. The van der Waals surface area contributed by atoms with Crippen LogP contribution in [0, 0.1) is 12.7 Å². The zero-order chi connectivity index (χ0) is 13.8. The molecule has 0 saturated carbocycles. The largest absolute Gasteiger partial charge is 0.378 e. The van der Waals surface area contributed by atoms with Crippen molar-refractivity contribution in [1.29, 1.82) is 0 Å². The molecule has 3 heteroatoms. The summed E-state index contributed by atoms with van der Waals surface area (Å²) in [7, 11) is 0. The Bertz CT molecular complexity index is 568. The van der Waals surface area contributed by atoms with Crippen LogP contribution in [0.2, 0.25) is 0 Å². The first kappa shape index (κ1) is 14.1. The second kappa shape index (κ2) is 6.20. The molecule has 0 aliphatic heterocycles. The Morgan fingerprint density at radius 1 is 1.21 bits per heavy atom. The van der Waals surface area contributed by atoms with Gasteiger partial charge in [-0.05, 0) is 43.2 Å². The van der Waals surface area contributed by atoms with Crippen molar-refractivity contribution in [2.45, 2.75) is 26.3 Å². The fraction of sp³-hybridized carbons (Fsp3) is 0.250. The highest BCUT2D eigenvalue weighted by atomic mass is 79.9. The predicted molar refractivity (Wildman–Crippen MR) is 81.9 cm³/mol. The predicted octanol–water partition coefficient (Wildman–Crippen LogP) is 5.46. The summed E-state index contributed by atoms with van der Waals surface area (Å²) in [6.07, 6.45) is 0.830. The zero-order valence-corrected chi connectivity index (χ0v) is 12.7. The smallest absolute Gasteiger partial charge is 0.128 e. The van der Waals surface area contributed by atoms with Gasteiger partial charge in [0.25, 0.3) is 0 Å². The number of aryl methyl sites for hydroxylation is 1. The molecular weight excluding hydrogens is 305 g/mol. The van der Waals surface area contributed by atoms with Gasteiger partial charge in [-0.1, -0.05) is 41.1 Å². The summed E-state index contributed by atoms with van der Waals surface area (Å²) in [5.74, 6) is -0.156. The number of hydrogen-bond donors (Lipinski definition) is 1. The first-order chi connectivity index (χ1) is 9.11. The van der Waals surface area contributed by atoms with Gasteiger partial charge < -0.3 is 5.32 Å². The van der Waals surface area contributed by atoms with Crippen LogP contribution in [-0.2, 0) is 0 Å². The molecule has 0 heterocycles. The van der Waals surface area contributed by atoms with Gasteiger partial charge in [-0.2, -0.15) is 0 Å². The Hall–Kier alpha value is -1.35. The van der Waals surface area contributed by atoms with Crippen molar-refractivity contribution in [3.63, 3.8) is 0 Å². The van der Waals surface area contributed by atoms with E-state index in [1.807, 2.05) is 31.2 Å². The minimum atomic E-state index is -0.156. The molecule has 0 aromatic heterocycles. The summed E-state index contributed by atoms with van der Waals surface area (Å²) in [6, 6.07) is 13.0. The number of hydrogen-bond acceptors (Lipinski definition) is 1. The maximum atomic E-state index is 13.8. The van der Waals surface area contributed by atoms with Crippen molar-refractivity contribution in [2.24, 2.45) is 0 Å². The normalized spacial score (nSPS) is 12.2. The molecule has 2 aromatic rings. The summed E-state index contributed by atoms with van der Waals surface area (Å²) in [5.41, 5.74) is 2.90. The Morgan fingerprint density at radius 3 is 2.58 bits per heavy atom. The molecule has 1 N–H and O–H groups in total. The lowest BCUT2D eigenvalue weighted by molar-refractivity contribution is 0.587. The molecule has 100 valence electrons. The minimum Gasteiger partial charge on any atom is -0.378 e. The van der Waals surface area contributed by atoms with Gasteiger partial charge in [0, 0.05) is 15.7 Å². The Balaban J connectivity index is 2.27. The second-order valence-electron chi connectivity index (χ2n) is 4.59. The van der Waals surface area contributed by atoms with Crippen LogP contribution in [0.4, 0.5) is 10.1 Å². The maximum Gasteiger partial charge on any atom is 0.128 e. The third kappa shape index (κ3) is 3.35. The lowest BCUT2D eigenvalue weighted by Gasteiger charge is -2.20. The summed E-state index contributed by atoms with van der Waals surface area (Å²) in [4.78, 5) is 0. The van der Waals surface area contributed by atoms with Gasteiger partial charge in [-0.25, -0.2) is 4.39 Å². The van der Waals surface area contributed by atoms with Crippen LogP contribution in [-0.4, -0.2) is 0 Å². The maximum absolute atomic E-state index is 13.8. The number of anilines is 1. The van der Waals surface area contributed by atoms with Crippen LogP contribution >= 0.6 is 15.9 Å². The van der Waals surface area contributed by atoms with Gasteiger partial charge in [-0.3, -0.25) is 0 Å². The topological polar surface area (TPSA) is 12.0 Å². The molecule has 1 unspecified atom stereocenters. The second-order valence-corrected chi connectivity index (χ2v) is 5.50. The molecule has 0 bridgehead atoms. The molecule has 19 heavy (non-hydrogen) atoms. The van der Waals surface area contributed by atoms with Crippen LogP contribution in [0.5, 0.6) is 0 Å². The minimum absolute atomic E-state index is 0.0129. The molecule has 1 atom stereocenters. The van der Waals surface area contributed by atoms with Crippen LogP contribution in [0.15, 0.2) is 46.9 Å². The van der Waals surface area contributed by atoms with Crippen LogP contribution in [0.1, 0.15) is 30.5 Å². The highest BCUT2D eigenvalue weighted by molar-refractivity contribution is 9.10. The standard InChI is InChI=1S/C16H17BrFN/c1-3-15(13-6-4-5-7-14(13)18)19-16-9-8-12(17)10-11(16)2/h4-10,15,19H,3H2,1-2H3. The average Bonchev–Trinajstić information content (AvgIpc) is 2.39. The fourth-order valence-corrected chi connectivity index (χ4v) is 2.61. The summed E-state index contributed by atoms with van der Waals surface area (Å²) in [6.45, 7) is 4.10. The first-order valence-electron chi connectivity index (χ1n) is 6.39. The Kier molecular flexibility index (Phi) is 4.59. The van der Waals surface area contributed by atoms with E-state index in [1.54, 1.807) is 6.07 Å². The van der Waals surface area contributed by atoms with Gasteiger partial charge in [0.2, 0.25) is 0 Å². The molecule has 0 radical (unpaired) electrons. The monoisotopic (exact) mass is 321 g/mol. The molecule has 0 saturated heterocycles. The first-order valence-corrected chi connectivity index (χ1v) is 7.18. The number of benzene rings is 2. The quantitative estimate of drug-likeness (QED) is 0.788. The SMILES string of the molecule is CCC(Nc1ccc(Br)cc1C)c1ccccc1F. The molecule has 2 aromatic carbocycles. The molecule has 0 aliphatic carbocycles. The van der Waals surface area contributed by atoms with Crippen molar-refractivity contribution < 1.29 is 4.39 Å². The number of rotatable bonds is 4. The van der Waals surface area contributed by atoms with E-state index in [0.29, 0.717) is 5.56 Å². The van der Waals surface area contributed by atoms with E-state index in [1.165, 1.54) is 6.07 Å². The van der Waals surface area contributed by atoms with Crippen LogP contribution < -0.4 is 5.32 Å². The van der Waals surface area contributed by atoms with Gasteiger partial charge >= 0.3 is 0 Å². The zero-order valence-electron chi connectivity index (χ0n) is 11.1. The van der Waals surface area contributed by atoms with Crippen molar-refractivity contribution in [3.8, 4) is 0 Å². The van der Waals surface area contributed by atoms with Crippen molar-refractivity contribution in [3.05, 3.63) is 63.9 Å². The van der Waals surface area contributed by atoms with Crippen molar-refractivity contribution >= 4 is 21.6 Å². The molecule has 0 aliphatic rings. The van der Waals surface area contributed by atoms with Crippen molar-refractivity contribution in [1.82, 2.24) is 0 Å². The molecule has 2 rings (SSSR count). The van der Waals surface area contributed by atoms with E-state index in [9.17, 15) is 4.39 Å².